The topological polar surface area (TPSA) is 65.1 Å². The maximum Gasteiger partial charge on any atom is 0.351 e. The average Bonchev–Trinajstić information content (AvgIpc) is 3.32. The molecule has 2 bridgehead atoms. The van der Waals surface area contributed by atoms with Crippen molar-refractivity contribution >= 4 is 11.9 Å². The molecule has 6 nitrogen and oxygen atoms in total. The van der Waals surface area contributed by atoms with Gasteiger partial charge >= 0.3 is 11.9 Å². The number of ether oxygens (including phenoxy) is 3. The molecule has 3 aromatic rings. The summed E-state index contributed by atoms with van der Waals surface area (Å²) >= 11 is 0. The van der Waals surface area contributed by atoms with Gasteiger partial charge in [0.2, 0.25) is 5.60 Å². The van der Waals surface area contributed by atoms with Gasteiger partial charge < -0.3 is 14.2 Å². The smallest absolute Gasteiger partial charge is 0.351 e. The van der Waals surface area contributed by atoms with E-state index in [1.807, 2.05) is 57.2 Å². The zero-order valence-electron chi connectivity index (χ0n) is 25.8. The molecule has 2 heterocycles. The molecule has 7 heteroatoms. The number of hydrogen-bond donors (Lipinski definition) is 0. The molecule has 3 fully saturated rings. The van der Waals surface area contributed by atoms with Crippen molar-refractivity contribution in [1.82, 2.24) is 4.90 Å². The van der Waals surface area contributed by atoms with Crippen LogP contribution in [-0.2, 0) is 30.3 Å². The van der Waals surface area contributed by atoms with E-state index >= 15 is 0 Å². The molecule has 2 saturated heterocycles. The molecular weight excluding hydrogens is 557 g/mol. The monoisotopic (exact) mass is 599 g/mol. The quantitative estimate of drug-likeness (QED) is 0.237. The fraction of sp³-hybridized carbons (Fsp3) is 0.459. The number of esters is 2. The third-order valence-electron chi connectivity index (χ3n) is 10.7. The summed E-state index contributed by atoms with van der Waals surface area (Å²) in [6.07, 6.45) is 2.00. The lowest BCUT2D eigenvalue weighted by Crippen LogP contribution is -2.53. The van der Waals surface area contributed by atoms with Gasteiger partial charge in [-0.05, 0) is 68.0 Å². The Hall–Kier alpha value is -3.55. The Balaban J connectivity index is 1.18. The van der Waals surface area contributed by atoms with E-state index in [1.54, 1.807) is 12.1 Å². The summed E-state index contributed by atoms with van der Waals surface area (Å²) in [5.41, 5.74) is 0.528. The van der Waals surface area contributed by atoms with Crippen LogP contribution in [-0.4, -0.2) is 48.2 Å². The van der Waals surface area contributed by atoms with E-state index in [0.717, 1.165) is 29.7 Å². The van der Waals surface area contributed by atoms with Crippen LogP contribution in [0.15, 0.2) is 84.9 Å². The summed E-state index contributed by atoms with van der Waals surface area (Å²) in [4.78, 5) is 29.1. The largest absolute Gasteiger partial charge is 0.458 e. The predicted molar refractivity (Wildman–Crippen MR) is 165 cm³/mol. The summed E-state index contributed by atoms with van der Waals surface area (Å²) < 4.78 is 32.3. The highest BCUT2D eigenvalue weighted by Gasteiger charge is 2.76. The Morgan fingerprint density at radius 2 is 1.59 bits per heavy atom. The molecule has 0 unspecified atom stereocenters. The Labute approximate surface area is 259 Å². The number of hydrogen-bond acceptors (Lipinski definition) is 6. The Kier molecular flexibility index (Phi) is 8.38. The van der Waals surface area contributed by atoms with Gasteiger partial charge in [-0.2, -0.15) is 0 Å². The van der Waals surface area contributed by atoms with E-state index in [-0.39, 0.29) is 23.8 Å². The second-order valence-corrected chi connectivity index (χ2v) is 13.4. The molecule has 232 valence electrons. The number of rotatable bonds is 10. The molecule has 2 aliphatic heterocycles. The lowest BCUT2D eigenvalue weighted by molar-refractivity contribution is -0.191. The van der Waals surface area contributed by atoms with Crippen LogP contribution in [0.2, 0.25) is 0 Å². The SMILES string of the molecule is CC1(C)[C@@]2(C)CC[C@]1(C(=O)O[C@@H]1CN(Cc3ccc(F)cc3)CC[C@H]1CCOC(c1ccccc1)c1ccccc1)OC2=O. The number of fused-ring (bicyclic) bond motifs is 2. The van der Waals surface area contributed by atoms with E-state index in [2.05, 4.69) is 29.2 Å². The van der Waals surface area contributed by atoms with Gasteiger partial charge in [0.25, 0.3) is 0 Å². The van der Waals surface area contributed by atoms with Crippen LogP contribution >= 0.6 is 0 Å². The minimum atomic E-state index is -1.27. The Morgan fingerprint density at radius 1 is 0.955 bits per heavy atom. The van der Waals surface area contributed by atoms with E-state index in [1.165, 1.54) is 12.1 Å². The summed E-state index contributed by atoms with van der Waals surface area (Å²) in [6.45, 7) is 8.29. The molecule has 0 radical (unpaired) electrons. The van der Waals surface area contributed by atoms with Gasteiger partial charge in [0.05, 0.1) is 5.41 Å². The second-order valence-electron chi connectivity index (χ2n) is 13.4. The van der Waals surface area contributed by atoms with Crippen molar-refractivity contribution in [3.63, 3.8) is 0 Å². The van der Waals surface area contributed by atoms with Crippen molar-refractivity contribution < 1.29 is 28.2 Å². The Morgan fingerprint density at radius 3 is 2.16 bits per heavy atom. The average molecular weight is 600 g/mol. The highest BCUT2D eigenvalue weighted by atomic mass is 19.1. The number of benzene rings is 3. The number of halogens is 1. The lowest BCUT2D eigenvalue weighted by atomic mass is 9.66. The van der Waals surface area contributed by atoms with Crippen LogP contribution in [0.25, 0.3) is 0 Å². The first kappa shape index (κ1) is 30.5. The molecule has 0 aromatic heterocycles. The first-order valence-corrected chi connectivity index (χ1v) is 15.8. The van der Waals surface area contributed by atoms with Crippen LogP contribution in [0.1, 0.15) is 69.2 Å². The molecule has 4 atom stereocenters. The molecule has 0 amide bonds. The minimum Gasteiger partial charge on any atom is -0.458 e. The van der Waals surface area contributed by atoms with E-state index in [9.17, 15) is 14.0 Å². The first-order valence-electron chi connectivity index (χ1n) is 15.8. The molecule has 3 aliphatic rings. The van der Waals surface area contributed by atoms with Crippen LogP contribution in [0.5, 0.6) is 0 Å². The normalized spacial score (nSPS) is 27.8. The van der Waals surface area contributed by atoms with Crippen molar-refractivity contribution in [3.05, 3.63) is 107 Å². The van der Waals surface area contributed by atoms with Gasteiger partial charge in [0.15, 0.2) is 0 Å². The summed E-state index contributed by atoms with van der Waals surface area (Å²) in [5, 5.41) is 0. The first-order chi connectivity index (χ1) is 21.1. The zero-order valence-corrected chi connectivity index (χ0v) is 25.8. The number of piperidine rings is 1. The maximum atomic E-state index is 14.0. The summed E-state index contributed by atoms with van der Waals surface area (Å²) in [6, 6.07) is 26.9. The number of carbonyl (C=O) groups is 2. The van der Waals surface area contributed by atoms with Crippen molar-refractivity contribution in [3.8, 4) is 0 Å². The van der Waals surface area contributed by atoms with Gasteiger partial charge in [-0.1, -0.05) is 86.6 Å². The van der Waals surface area contributed by atoms with Crippen molar-refractivity contribution in [2.45, 2.75) is 70.8 Å². The predicted octanol–water partition coefficient (Wildman–Crippen LogP) is 6.88. The lowest BCUT2D eigenvalue weighted by Gasteiger charge is -2.41. The number of nitrogens with zero attached hydrogens (tertiary/aromatic N) is 1. The van der Waals surface area contributed by atoms with Gasteiger partial charge in [-0.3, -0.25) is 9.69 Å². The summed E-state index contributed by atoms with van der Waals surface area (Å²) in [7, 11) is 0. The highest BCUT2D eigenvalue weighted by molar-refractivity contribution is 5.93. The van der Waals surface area contributed by atoms with Gasteiger partial charge in [-0.15, -0.1) is 0 Å². The van der Waals surface area contributed by atoms with E-state index < -0.39 is 28.5 Å². The van der Waals surface area contributed by atoms with Crippen LogP contribution in [0.3, 0.4) is 0 Å². The minimum absolute atomic E-state index is 0.0695. The fourth-order valence-electron chi connectivity index (χ4n) is 7.40. The van der Waals surface area contributed by atoms with Crippen molar-refractivity contribution in [1.29, 1.82) is 0 Å². The van der Waals surface area contributed by atoms with Crippen molar-refractivity contribution in [2.75, 3.05) is 19.7 Å². The number of carbonyl (C=O) groups excluding carboxylic acids is 2. The van der Waals surface area contributed by atoms with E-state index in [4.69, 9.17) is 14.2 Å². The molecular formula is C37H42FNO5. The van der Waals surface area contributed by atoms with Gasteiger partial charge in [0.1, 0.15) is 18.0 Å². The summed E-state index contributed by atoms with van der Waals surface area (Å²) in [5.74, 6) is -0.951. The third-order valence-corrected chi connectivity index (χ3v) is 10.7. The number of likely N-dealkylation sites (tertiary alicyclic amines) is 1. The Bertz CT molecular complexity index is 1420. The van der Waals surface area contributed by atoms with Crippen molar-refractivity contribution in [2.24, 2.45) is 16.7 Å². The van der Waals surface area contributed by atoms with Crippen LogP contribution < -0.4 is 0 Å². The molecule has 0 spiro atoms. The molecule has 6 rings (SSSR count). The fourth-order valence-corrected chi connectivity index (χ4v) is 7.40. The standard InChI is InChI=1S/C37H42FNO5/c1-35(2)36(3)20-21-37(35,44-33(36)40)34(41)43-31-25-39(24-26-14-16-30(38)17-15-26)22-18-27(31)19-23-42-32(28-10-6-4-7-11-28)29-12-8-5-9-13-29/h4-17,27,31-32H,18-25H2,1-3H3/t27-,31+,36-,37+/m0/s1. The molecule has 0 N–H and O–H groups in total. The molecule has 44 heavy (non-hydrogen) atoms. The van der Waals surface area contributed by atoms with E-state index in [0.29, 0.717) is 39.0 Å². The van der Waals surface area contributed by atoms with Crippen LogP contribution in [0.4, 0.5) is 4.39 Å². The third kappa shape index (κ3) is 5.45. The second kappa shape index (κ2) is 12.1. The van der Waals surface area contributed by atoms with Crippen LogP contribution in [0, 0.1) is 22.6 Å². The van der Waals surface area contributed by atoms with Gasteiger partial charge in [-0.25, -0.2) is 9.18 Å². The molecule has 3 aromatic carbocycles. The maximum absolute atomic E-state index is 14.0. The molecule has 1 saturated carbocycles. The van der Waals surface area contributed by atoms with Gasteiger partial charge in [0, 0.05) is 31.0 Å². The highest BCUT2D eigenvalue weighted by Crippen LogP contribution is 2.66. The zero-order chi connectivity index (χ0) is 31.0. The molecule has 1 aliphatic carbocycles.